The van der Waals surface area contributed by atoms with Crippen molar-refractivity contribution in [2.45, 2.75) is 43.4 Å². The average Bonchev–Trinajstić information content (AvgIpc) is 3.17. The van der Waals surface area contributed by atoms with Crippen LogP contribution in [0.2, 0.25) is 0 Å². The summed E-state index contributed by atoms with van der Waals surface area (Å²) >= 11 is 0. The fourth-order valence-electron chi connectivity index (χ4n) is 4.69. The summed E-state index contributed by atoms with van der Waals surface area (Å²) in [6.07, 6.45) is -2.90. The van der Waals surface area contributed by atoms with E-state index in [1.54, 1.807) is 13.0 Å². The van der Waals surface area contributed by atoms with E-state index in [-0.39, 0.29) is 22.7 Å². The van der Waals surface area contributed by atoms with Crippen LogP contribution < -0.4 is 4.74 Å². The number of hydrogen-bond acceptors (Lipinski definition) is 4. The van der Waals surface area contributed by atoms with Crippen LogP contribution in [0.5, 0.6) is 5.75 Å². The Labute approximate surface area is 187 Å². The number of aliphatic hydroxyl groups is 1. The van der Waals surface area contributed by atoms with Gasteiger partial charge in [-0.25, -0.2) is 9.37 Å². The SMILES string of the molecule is COc1ccc(F)cc1C1(C)C=CC(c2cc3c(C)nc(C#N)cc3[nH]2)C(O)(C(F)(F)F)C1. The fraction of sp³-hybridized carbons (Fsp3) is 0.333. The number of aryl methyl sites for hydroxylation is 1. The lowest BCUT2D eigenvalue weighted by Crippen LogP contribution is -2.55. The van der Waals surface area contributed by atoms with Gasteiger partial charge < -0.3 is 14.8 Å². The molecule has 3 aromatic rings. The number of halogens is 4. The number of ether oxygens (including phenoxy) is 1. The molecule has 1 aromatic carbocycles. The van der Waals surface area contributed by atoms with E-state index in [0.29, 0.717) is 16.6 Å². The van der Waals surface area contributed by atoms with Gasteiger partial charge in [-0.05, 0) is 43.7 Å². The molecule has 2 N–H and O–H groups in total. The Hall–Kier alpha value is -3.38. The number of H-pyrrole nitrogens is 1. The first kappa shape index (κ1) is 22.8. The average molecular weight is 459 g/mol. The highest BCUT2D eigenvalue weighted by Crippen LogP contribution is 2.54. The van der Waals surface area contributed by atoms with Crippen molar-refractivity contribution in [2.24, 2.45) is 0 Å². The number of pyridine rings is 1. The predicted octanol–water partition coefficient (Wildman–Crippen LogP) is 5.19. The quantitative estimate of drug-likeness (QED) is 0.418. The summed E-state index contributed by atoms with van der Waals surface area (Å²) < 4.78 is 62.4. The molecule has 0 amide bonds. The topological polar surface area (TPSA) is 81.9 Å². The summed E-state index contributed by atoms with van der Waals surface area (Å²) in [6.45, 7) is 3.16. The van der Waals surface area contributed by atoms with E-state index in [2.05, 4.69) is 9.97 Å². The molecule has 5 nitrogen and oxygen atoms in total. The Bertz CT molecular complexity index is 1310. The molecule has 0 spiro atoms. The molecule has 33 heavy (non-hydrogen) atoms. The molecule has 9 heteroatoms. The van der Waals surface area contributed by atoms with Gasteiger partial charge in [-0.1, -0.05) is 19.1 Å². The number of hydrogen-bond donors (Lipinski definition) is 2. The Morgan fingerprint density at radius 3 is 2.64 bits per heavy atom. The van der Waals surface area contributed by atoms with Crippen molar-refractivity contribution in [3.05, 3.63) is 70.9 Å². The zero-order valence-corrected chi connectivity index (χ0v) is 18.1. The summed E-state index contributed by atoms with van der Waals surface area (Å²) in [6, 6.07) is 8.51. The Kier molecular flexibility index (Phi) is 5.25. The van der Waals surface area contributed by atoms with Crippen LogP contribution in [0.4, 0.5) is 17.6 Å². The monoisotopic (exact) mass is 459 g/mol. The van der Waals surface area contributed by atoms with Gasteiger partial charge in [0.1, 0.15) is 23.3 Å². The van der Waals surface area contributed by atoms with Gasteiger partial charge in [-0.3, -0.25) is 0 Å². The Balaban J connectivity index is 1.89. The first-order valence-corrected chi connectivity index (χ1v) is 10.1. The molecule has 3 unspecified atom stereocenters. The van der Waals surface area contributed by atoms with Crippen LogP contribution in [0.1, 0.15) is 41.9 Å². The molecule has 0 bridgehead atoms. The number of fused-ring (bicyclic) bond motifs is 1. The zero-order chi connectivity index (χ0) is 24.2. The number of nitrogens with zero attached hydrogens (tertiary/aromatic N) is 2. The smallest absolute Gasteiger partial charge is 0.418 e. The van der Waals surface area contributed by atoms with Crippen LogP contribution in [-0.4, -0.2) is 34.0 Å². The van der Waals surface area contributed by atoms with Crippen LogP contribution in [0.25, 0.3) is 10.9 Å². The van der Waals surface area contributed by atoms with Gasteiger partial charge in [0.15, 0.2) is 5.60 Å². The normalized spacial score (nSPS) is 25.2. The Morgan fingerprint density at radius 2 is 2.00 bits per heavy atom. The van der Waals surface area contributed by atoms with Gasteiger partial charge in [0.2, 0.25) is 0 Å². The van der Waals surface area contributed by atoms with Gasteiger partial charge in [-0.2, -0.15) is 18.4 Å². The molecule has 3 atom stereocenters. The van der Waals surface area contributed by atoms with E-state index in [1.807, 2.05) is 6.07 Å². The first-order valence-electron chi connectivity index (χ1n) is 10.1. The molecule has 0 saturated carbocycles. The van der Waals surface area contributed by atoms with Crippen LogP contribution >= 0.6 is 0 Å². The highest BCUT2D eigenvalue weighted by atomic mass is 19.4. The minimum absolute atomic E-state index is 0.129. The van der Waals surface area contributed by atoms with Crippen LogP contribution in [0.15, 0.2) is 42.5 Å². The summed E-state index contributed by atoms with van der Waals surface area (Å²) in [7, 11) is 1.35. The summed E-state index contributed by atoms with van der Waals surface area (Å²) in [4.78, 5) is 7.04. The number of methoxy groups -OCH3 is 1. The molecule has 2 aromatic heterocycles. The molecular formula is C24H21F4N3O2. The second-order valence-corrected chi connectivity index (χ2v) is 8.59. The molecule has 0 radical (unpaired) electrons. The van der Waals surface area contributed by atoms with Crippen molar-refractivity contribution in [3.63, 3.8) is 0 Å². The van der Waals surface area contributed by atoms with E-state index in [0.717, 1.165) is 12.1 Å². The zero-order valence-electron chi connectivity index (χ0n) is 18.1. The van der Waals surface area contributed by atoms with Gasteiger partial charge >= 0.3 is 6.18 Å². The minimum atomic E-state index is -4.99. The third-order valence-electron chi connectivity index (χ3n) is 6.35. The molecule has 4 rings (SSSR count). The number of nitriles is 1. The van der Waals surface area contributed by atoms with Crippen LogP contribution in [-0.2, 0) is 5.41 Å². The van der Waals surface area contributed by atoms with E-state index >= 15 is 0 Å². The molecule has 172 valence electrons. The van der Waals surface area contributed by atoms with Crippen molar-refractivity contribution in [1.29, 1.82) is 5.26 Å². The largest absolute Gasteiger partial charge is 0.496 e. The van der Waals surface area contributed by atoms with Gasteiger partial charge in [0.25, 0.3) is 0 Å². The lowest BCUT2D eigenvalue weighted by molar-refractivity contribution is -0.272. The molecular weight excluding hydrogens is 438 g/mol. The number of nitrogens with one attached hydrogen (secondary N) is 1. The minimum Gasteiger partial charge on any atom is -0.496 e. The number of aromatic amines is 1. The standard InChI is InChI=1S/C24H21F4N3O2/c1-13-16-10-20(31-19(16)9-15(11-29)30-13)17-6-7-22(2,12-23(17,32)24(26,27)28)18-8-14(25)4-5-21(18)33-3/h4-10,17,31-32H,12H2,1-3H3. The van der Waals surface area contributed by atoms with Crippen LogP contribution in [0, 0.1) is 24.1 Å². The lowest BCUT2D eigenvalue weighted by Gasteiger charge is -2.45. The lowest BCUT2D eigenvalue weighted by atomic mass is 9.64. The van der Waals surface area contributed by atoms with Gasteiger partial charge in [-0.15, -0.1) is 0 Å². The summed E-state index contributed by atoms with van der Waals surface area (Å²) in [5.41, 5.74) is -3.11. The molecule has 2 heterocycles. The number of aromatic nitrogens is 2. The number of alkyl halides is 3. The van der Waals surface area contributed by atoms with Crippen molar-refractivity contribution < 1.29 is 27.4 Å². The van der Waals surface area contributed by atoms with E-state index in [4.69, 9.17) is 10.00 Å². The molecule has 1 aliphatic rings. The second-order valence-electron chi connectivity index (χ2n) is 8.59. The third kappa shape index (κ3) is 3.64. The number of benzene rings is 1. The maximum absolute atomic E-state index is 14.4. The van der Waals surface area contributed by atoms with Crippen molar-refractivity contribution >= 4 is 10.9 Å². The van der Waals surface area contributed by atoms with Crippen LogP contribution in [0.3, 0.4) is 0 Å². The highest BCUT2D eigenvalue weighted by Gasteiger charge is 2.62. The van der Waals surface area contributed by atoms with Crippen molar-refractivity contribution in [1.82, 2.24) is 9.97 Å². The summed E-state index contributed by atoms with van der Waals surface area (Å²) in [5.74, 6) is -1.85. The highest BCUT2D eigenvalue weighted by molar-refractivity contribution is 5.83. The maximum atomic E-state index is 14.4. The maximum Gasteiger partial charge on any atom is 0.418 e. The van der Waals surface area contributed by atoms with Crippen molar-refractivity contribution in [2.75, 3.05) is 7.11 Å². The first-order chi connectivity index (χ1) is 15.4. The molecule has 0 fully saturated rings. The molecule has 0 saturated heterocycles. The number of rotatable bonds is 3. The van der Waals surface area contributed by atoms with Gasteiger partial charge in [0, 0.05) is 27.8 Å². The Morgan fingerprint density at radius 1 is 1.27 bits per heavy atom. The number of allylic oxidation sites excluding steroid dienone is 1. The summed E-state index contributed by atoms with van der Waals surface area (Å²) in [5, 5.41) is 20.8. The van der Waals surface area contributed by atoms with E-state index in [9.17, 15) is 22.7 Å². The third-order valence-corrected chi connectivity index (χ3v) is 6.35. The van der Waals surface area contributed by atoms with Crippen molar-refractivity contribution in [3.8, 4) is 11.8 Å². The predicted molar refractivity (Wildman–Crippen MR) is 113 cm³/mol. The second kappa shape index (κ2) is 7.59. The van der Waals surface area contributed by atoms with E-state index < -0.39 is 35.3 Å². The molecule has 0 aliphatic heterocycles. The van der Waals surface area contributed by atoms with E-state index in [1.165, 1.54) is 38.3 Å². The fourth-order valence-corrected chi connectivity index (χ4v) is 4.69. The van der Waals surface area contributed by atoms with Gasteiger partial charge in [0.05, 0.1) is 18.5 Å². The molecule has 1 aliphatic carbocycles.